The van der Waals surface area contributed by atoms with Crippen molar-refractivity contribution in [2.24, 2.45) is 7.05 Å². The number of aromatic carboxylic acids is 1. The normalized spacial score (nSPS) is 11.3. The summed E-state index contributed by atoms with van der Waals surface area (Å²) >= 11 is 1.13. The largest absolute Gasteiger partial charge is 0.477 e. The van der Waals surface area contributed by atoms with Crippen LogP contribution < -0.4 is 5.73 Å². The van der Waals surface area contributed by atoms with Crippen LogP contribution in [0.15, 0.2) is 30.6 Å². The molecular weight excluding hydrogens is 314 g/mol. The topological polar surface area (TPSA) is 107 Å². The maximum absolute atomic E-state index is 11.2. The summed E-state index contributed by atoms with van der Waals surface area (Å²) in [6.07, 6.45) is 3.58. The Kier molecular flexibility index (Phi) is 2.82. The Hall–Kier alpha value is -3.00. The maximum Gasteiger partial charge on any atom is 0.348 e. The summed E-state index contributed by atoms with van der Waals surface area (Å²) in [5, 5.41) is 14.3. The van der Waals surface area contributed by atoms with Gasteiger partial charge in [-0.1, -0.05) is 0 Å². The van der Waals surface area contributed by atoms with E-state index in [1.165, 1.54) is 0 Å². The Morgan fingerprint density at radius 2 is 2.22 bits per heavy atom. The van der Waals surface area contributed by atoms with Crippen molar-refractivity contribution in [3.8, 4) is 11.3 Å². The van der Waals surface area contributed by atoms with Crippen LogP contribution in [0, 0.1) is 0 Å². The Morgan fingerprint density at radius 3 is 3.00 bits per heavy atom. The number of hydrogen-bond donors (Lipinski definition) is 2. The number of rotatable bonds is 2. The Balaban J connectivity index is 1.89. The van der Waals surface area contributed by atoms with Gasteiger partial charge >= 0.3 is 5.97 Å². The molecule has 4 rings (SSSR count). The first-order chi connectivity index (χ1) is 11.0. The van der Waals surface area contributed by atoms with E-state index in [4.69, 9.17) is 10.8 Å². The van der Waals surface area contributed by atoms with Crippen LogP contribution in [-0.2, 0) is 7.05 Å². The molecule has 0 unspecified atom stereocenters. The van der Waals surface area contributed by atoms with E-state index in [-0.39, 0.29) is 10.6 Å². The van der Waals surface area contributed by atoms with E-state index in [0.29, 0.717) is 16.9 Å². The van der Waals surface area contributed by atoms with Gasteiger partial charge < -0.3 is 10.8 Å². The van der Waals surface area contributed by atoms with Crippen LogP contribution in [0.3, 0.4) is 0 Å². The highest BCUT2D eigenvalue weighted by Gasteiger charge is 2.17. The number of aryl methyl sites for hydroxylation is 1. The van der Waals surface area contributed by atoms with E-state index in [2.05, 4.69) is 15.1 Å². The lowest BCUT2D eigenvalue weighted by atomic mass is 10.1. The number of pyridine rings is 2. The van der Waals surface area contributed by atoms with Crippen molar-refractivity contribution < 1.29 is 9.90 Å². The molecule has 0 spiro atoms. The van der Waals surface area contributed by atoms with Crippen molar-refractivity contribution in [3.63, 3.8) is 0 Å². The number of hydrogen-bond acceptors (Lipinski definition) is 6. The highest BCUT2D eigenvalue weighted by Crippen LogP contribution is 2.34. The smallest absolute Gasteiger partial charge is 0.348 e. The fourth-order valence-electron chi connectivity index (χ4n) is 2.49. The van der Waals surface area contributed by atoms with Crippen LogP contribution in [0.4, 0.5) is 5.69 Å². The number of carboxylic acid groups (broad SMARTS) is 1. The highest BCUT2D eigenvalue weighted by molar-refractivity contribution is 7.21. The molecule has 0 saturated carbocycles. The first-order valence-corrected chi connectivity index (χ1v) is 7.56. The highest BCUT2D eigenvalue weighted by atomic mass is 32.1. The third kappa shape index (κ3) is 2.11. The minimum Gasteiger partial charge on any atom is -0.477 e. The van der Waals surface area contributed by atoms with Gasteiger partial charge in [0.05, 0.1) is 16.1 Å². The third-order valence-corrected chi connectivity index (χ3v) is 4.68. The Bertz CT molecular complexity index is 1080. The lowest BCUT2D eigenvalue weighted by Crippen LogP contribution is -1.97. The second-order valence-electron chi connectivity index (χ2n) is 5.13. The molecule has 23 heavy (non-hydrogen) atoms. The van der Waals surface area contributed by atoms with Gasteiger partial charge in [0.15, 0.2) is 5.65 Å². The summed E-state index contributed by atoms with van der Waals surface area (Å²) in [7, 11) is 1.84. The quantitative estimate of drug-likeness (QED) is 0.586. The first-order valence-electron chi connectivity index (χ1n) is 6.75. The molecule has 0 aliphatic heterocycles. The van der Waals surface area contributed by atoms with E-state index < -0.39 is 5.97 Å². The molecule has 8 heteroatoms. The van der Waals surface area contributed by atoms with Crippen molar-refractivity contribution >= 4 is 44.2 Å². The monoisotopic (exact) mass is 325 g/mol. The van der Waals surface area contributed by atoms with Crippen LogP contribution in [-0.4, -0.2) is 30.8 Å². The molecule has 3 N–H and O–H groups in total. The Morgan fingerprint density at radius 1 is 1.39 bits per heavy atom. The van der Waals surface area contributed by atoms with E-state index in [0.717, 1.165) is 27.0 Å². The molecule has 4 aromatic rings. The number of nitrogen functional groups attached to an aromatic ring is 1. The molecule has 7 nitrogen and oxygen atoms in total. The molecule has 0 saturated heterocycles. The van der Waals surface area contributed by atoms with Crippen molar-refractivity contribution in [2.45, 2.75) is 0 Å². The molecule has 0 atom stereocenters. The van der Waals surface area contributed by atoms with Crippen LogP contribution in [0.5, 0.6) is 0 Å². The fourth-order valence-corrected chi connectivity index (χ4v) is 3.39. The number of aromatic nitrogens is 4. The summed E-state index contributed by atoms with van der Waals surface area (Å²) in [4.78, 5) is 20.1. The summed E-state index contributed by atoms with van der Waals surface area (Å²) in [5.41, 5.74) is 8.82. The van der Waals surface area contributed by atoms with Crippen LogP contribution in [0.1, 0.15) is 9.67 Å². The van der Waals surface area contributed by atoms with E-state index in [1.54, 1.807) is 10.9 Å². The number of nitrogens with two attached hydrogens (primary N) is 1. The van der Waals surface area contributed by atoms with Crippen LogP contribution >= 0.6 is 11.3 Å². The first kappa shape index (κ1) is 13.6. The molecule has 0 aliphatic carbocycles. The van der Waals surface area contributed by atoms with Crippen LogP contribution in [0.2, 0.25) is 0 Å². The molecule has 0 radical (unpaired) electrons. The summed E-state index contributed by atoms with van der Waals surface area (Å²) in [6.45, 7) is 0. The third-order valence-electron chi connectivity index (χ3n) is 3.53. The molecule has 0 aromatic carbocycles. The SMILES string of the molecule is Cn1cc2cc(-c3ccc4sc(C(=O)O)c(N)c4n3)cnc2n1. The number of carbonyl (C=O) groups is 1. The second kappa shape index (κ2) is 4.75. The number of thiophene rings is 1. The van der Waals surface area contributed by atoms with E-state index in [9.17, 15) is 4.79 Å². The minimum absolute atomic E-state index is 0.116. The van der Waals surface area contributed by atoms with Crippen molar-refractivity contribution in [1.82, 2.24) is 19.7 Å². The summed E-state index contributed by atoms with van der Waals surface area (Å²) in [5.74, 6) is -1.04. The summed E-state index contributed by atoms with van der Waals surface area (Å²) in [6, 6.07) is 5.62. The number of anilines is 1. The average molecular weight is 325 g/mol. The van der Waals surface area contributed by atoms with Gasteiger partial charge in [-0.15, -0.1) is 11.3 Å². The molecule has 0 amide bonds. The Labute approximate surface area is 134 Å². The predicted octanol–water partition coefficient (Wildman–Crippen LogP) is 2.53. The van der Waals surface area contributed by atoms with Crippen LogP contribution in [0.25, 0.3) is 32.5 Å². The standard InChI is InChI=1S/C15H11N5O2S/c1-20-6-8-4-7(5-17-14(8)19-20)9-2-3-10-12(18-9)11(16)13(23-10)15(21)22/h2-6H,16H2,1H3,(H,21,22). The molecule has 4 aromatic heterocycles. The predicted molar refractivity (Wildman–Crippen MR) is 88.5 cm³/mol. The summed E-state index contributed by atoms with van der Waals surface area (Å²) < 4.78 is 2.45. The molecule has 0 aliphatic rings. The molecule has 114 valence electrons. The zero-order valence-electron chi connectivity index (χ0n) is 12.0. The lowest BCUT2D eigenvalue weighted by Gasteiger charge is -2.01. The fraction of sp³-hybridized carbons (Fsp3) is 0.0667. The molecule has 0 fully saturated rings. The average Bonchev–Trinajstić information content (AvgIpc) is 3.05. The van der Waals surface area contributed by atoms with Gasteiger partial charge in [0.25, 0.3) is 0 Å². The van der Waals surface area contributed by atoms with Gasteiger partial charge in [-0.25, -0.2) is 14.8 Å². The van der Waals surface area contributed by atoms with Gasteiger partial charge in [0.2, 0.25) is 0 Å². The maximum atomic E-state index is 11.2. The van der Waals surface area contributed by atoms with Gasteiger partial charge in [0.1, 0.15) is 10.4 Å². The van der Waals surface area contributed by atoms with E-state index >= 15 is 0 Å². The van der Waals surface area contributed by atoms with Gasteiger partial charge in [-0.05, 0) is 18.2 Å². The van der Waals surface area contributed by atoms with Crippen molar-refractivity contribution in [3.05, 3.63) is 35.5 Å². The van der Waals surface area contributed by atoms with Gasteiger partial charge in [-0.2, -0.15) is 5.10 Å². The minimum atomic E-state index is -1.04. The number of nitrogens with zero attached hydrogens (tertiary/aromatic N) is 4. The van der Waals surface area contributed by atoms with Gasteiger partial charge in [-0.3, -0.25) is 4.68 Å². The zero-order chi connectivity index (χ0) is 16.1. The lowest BCUT2D eigenvalue weighted by molar-refractivity contribution is 0.0703. The van der Waals surface area contributed by atoms with Crippen molar-refractivity contribution in [1.29, 1.82) is 0 Å². The zero-order valence-corrected chi connectivity index (χ0v) is 12.8. The molecule has 4 heterocycles. The van der Waals surface area contributed by atoms with Crippen molar-refractivity contribution in [2.75, 3.05) is 5.73 Å². The second-order valence-corrected chi connectivity index (χ2v) is 6.19. The molecular formula is C15H11N5O2S. The van der Waals surface area contributed by atoms with E-state index in [1.807, 2.05) is 31.4 Å². The number of carboxylic acids is 1. The molecule has 0 bridgehead atoms. The van der Waals surface area contributed by atoms with Gasteiger partial charge in [0, 0.05) is 30.4 Å². The number of fused-ring (bicyclic) bond motifs is 2.